The van der Waals surface area contributed by atoms with Crippen LogP contribution in [-0.4, -0.2) is 35.8 Å². The van der Waals surface area contributed by atoms with Gasteiger partial charge in [-0.2, -0.15) is 0 Å². The Bertz CT molecular complexity index is 2150. The van der Waals surface area contributed by atoms with Crippen molar-refractivity contribution in [3.8, 4) is 11.5 Å². The van der Waals surface area contributed by atoms with Gasteiger partial charge in [0.05, 0.1) is 41.7 Å². The number of carbonyl (C=O) groups excluding carboxylic acids is 4. The maximum atomic E-state index is 15.3. The molecule has 4 aromatic carbocycles. The molecule has 2 saturated heterocycles. The molecule has 6 atom stereocenters. The highest BCUT2D eigenvalue weighted by molar-refractivity contribution is 6.33. The molecule has 0 unspecified atom stereocenters. The lowest BCUT2D eigenvalue weighted by atomic mass is 9.49. The minimum Gasteiger partial charge on any atom is -0.508 e. The molecule has 4 amide bonds. The summed E-state index contributed by atoms with van der Waals surface area (Å²) in [4.78, 5) is 61.2. The van der Waals surface area contributed by atoms with Gasteiger partial charge in [-0.1, -0.05) is 77.3 Å². The van der Waals surface area contributed by atoms with Gasteiger partial charge in [-0.15, -0.1) is 0 Å². The summed E-state index contributed by atoms with van der Waals surface area (Å²) in [5.41, 5.74) is 1.74. The first-order valence-electron chi connectivity index (χ1n) is 16.5. The lowest BCUT2D eigenvalue weighted by molar-refractivity contribution is -0.127. The minimum absolute atomic E-state index is 0.0836. The Kier molecular flexibility index (Phi) is 7.66. The van der Waals surface area contributed by atoms with Crippen LogP contribution in [0.5, 0.6) is 11.5 Å². The number of methoxy groups -OCH3 is 1. The van der Waals surface area contributed by atoms with E-state index in [2.05, 4.69) is 0 Å². The highest BCUT2D eigenvalue weighted by Crippen LogP contribution is 2.65. The lowest BCUT2D eigenvalue weighted by Gasteiger charge is -2.50. The van der Waals surface area contributed by atoms with Crippen LogP contribution in [0.1, 0.15) is 35.4 Å². The van der Waals surface area contributed by atoms with Gasteiger partial charge in [0.2, 0.25) is 23.6 Å². The zero-order valence-electron chi connectivity index (χ0n) is 27.2. The number of nitrogens with zero attached hydrogens (tertiary/aromatic N) is 2. The van der Waals surface area contributed by atoms with Crippen molar-refractivity contribution in [2.75, 3.05) is 16.9 Å². The summed E-state index contributed by atoms with van der Waals surface area (Å²) in [5, 5.41) is 12.4. The number of fused-ring (bicyclic) bond motifs is 4. The van der Waals surface area contributed by atoms with Crippen molar-refractivity contribution in [2.45, 2.75) is 31.1 Å². The maximum absolute atomic E-state index is 15.3. The fourth-order valence-corrected chi connectivity index (χ4v) is 9.31. The van der Waals surface area contributed by atoms with Gasteiger partial charge in [-0.3, -0.25) is 19.2 Å². The molecule has 1 N–H and O–H groups in total. The summed E-state index contributed by atoms with van der Waals surface area (Å²) in [6.45, 7) is 1.84. The summed E-state index contributed by atoms with van der Waals surface area (Å²) in [7, 11) is 1.51. The topological polar surface area (TPSA) is 104 Å². The van der Waals surface area contributed by atoms with Crippen LogP contribution in [0.2, 0.25) is 10.0 Å². The second-order valence-electron chi connectivity index (χ2n) is 13.5. The van der Waals surface area contributed by atoms with E-state index in [1.165, 1.54) is 23.0 Å². The largest absolute Gasteiger partial charge is 0.508 e. The maximum Gasteiger partial charge on any atom is 0.246 e. The fourth-order valence-electron chi connectivity index (χ4n) is 8.95. The molecule has 10 heteroatoms. The molecule has 8 rings (SSSR count). The second kappa shape index (κ2) is 11.9. The van der Waals surface area contributed by atoms with Crippen LogP contribution in [-0.2, 0) is 24.6 Å². The Labute approximate surface area is 298 Å². The van der Waals surface area contributed by atoms with Crippen LogP contribution in [0.4, 0.5) is 11.4 Å². The molecule has 2 heterocycles. The van der Waals surface area contributed by atoms with Crippen LogP contribution in [0.25, 0.3) is 0 Å². The number of amides is 4. The first-order valence-corrected chi connectivity index (χ1v) is 17.2. The molecule has 2 aliphatic carbocycles. The third kappa shape index (κ3) is 4.51. The lowest BCUT2D eigenvalue weighted by Crippen LogP contribution is -2.53. The number of anilines is 2. The molecule has 8 nitrogen and oxygen atoms in total. The fraction of sp³-hybridized carbons (Fsp3) is 0.250. The Balaban J connectivity index is 1.36. The van der Waals surface area contributed by atoms with Crippen LogP contribution < -0.4 is 14.5 Å². The first kappa shape index (κ1) is 32.3. The molecule has 1 saturated carbocycles. The van der Waals surface area contributed by atoms with E-state index in [-0.39, 0.29) is 30.4 Å². The summed E-state index contributed by atoms with van der Waals surface area (Å²) >= 11 is 12.8. The number of halogens is 2. The average Bonchev–Trinajstić information content (AvgIpc) is 3.51. The Morgan fingerprint density at radius 1 is 0.800 bits per heavy atom. The van der Waals surface area contributed by atoms with Gasteiger partial charge >= 0.3 is 0 Å². The van der Waals surface area contributed by atoms with Crippen LogP contribution in [0, 0.1) is 30.6 Å². The van der Waals surface area contributed by atoms with Crippen molar-refractivity contribution in [1.29, 1.82) is 0 Å². The average molecular weight is 708 g/mol. The van der Waals surface area contributed by atoms with Crippen LogP contribution in [0.15, 0.2) is 103 Å². The van der Waals surface area contributed by atoms with Crippen LogP contribution in [0.3, 0.4) is 0 Å². The number of imide groups is 2. The molecule has 0 aromatic heterocycles. The third-order valence-corrected chi connectivity index (χ3v) is 11.8. The van der Waals surface area contributed by atoms with Crippen molar-refractivity contribution in [1.82, 2.24) is 0 Å². The van der Waals surface area contributed by atoms with Gasteiger partial charge in [0.25, 0.3) is 0 Å². The zero-order valence-corrected chi connectivity index (χ0v) is 28.7. The molecule has 4 aromatic rings. The molecule has 50 heavy (non-hydrogen) atoms. The van der Waals surface area contributed by atoms with Gasteiger partial charge in [-0.25, -0.2) is 9.80 Å². The number of rotatable bonds is 5. The number of aryl methyl sites for hydroxylation is 1. The van der Waals surface area contributed by atoms with Crippen molar-refractivity contribution >= 4 is 58.2 Å². The van der Waals surface area contributed by atoms with Gasteiger partial charge in [0, 0.05) is 21.5 Å². The number of aromatic hydroxyl groups is 1. The molecule has 3 fully saturated rings. The van der Waals surface area contributed by atoms with Gasteiger partial charge in [0.1, 0.15) is 11.5 Å². The predicted octanol–water partition coefficient (Wildman–Crippen LogP) is 7.38. The number of phenolic OH excluding ortho intramolecular Hbond substituents is 1. The van der Waals surface area contributed by atoms with E-state index in [9.17, 15) is 19.5 Å². The number of hydrogen-bond donors (Lipinski definition) is 1. The molecule has 0 spiro atoms. The minimum atomic E-state index is -1.52. The van der Waals surface area contributed by atoms with E-state index in [4.69, 9.17) is 27.9 Å². The van der Waals surface area contributed by atoms with Crippen molar-refractivity contribution in [3.63, 3.8) is 0 Å². The number of hydrogen-bond acceptors (Lipinski definition) is 6. The van der Waals surface area contributed by atoms with E-state index in [0.717, 1.165) is 11.1 Å². The molecule has 2 aliphatic heterocycles. The number of benzene rings is 4. The Morgan fingerprint density at radius 3 is 2.28 bits per heavy atom. The van der Waals surface area contributed by atoms with Crippen molar-refractivity contribution < 1.29 is 29.0 Å². The summed E-state index contributed by atoms with van der Waals surface area (Å²) in [6, 6.07) is 25.7. The summed E-state index contributed by atoms with van der Waals surface area (Å²) < 4.78 is 5.60. The number of carbonyl (C=O) groups is 4. The molecular weight excluding hydrogens is 675 g/mol. The third-order valence-electron chi connectivity index (χ3n) is 11.1. The Morgan fingerprint density at radius 2 is 1.56 bits per heavy atom. The van der Waals surface area contributed by atoms with Crippen molar-refractivity contribution in [3.05, 3.63) is 129 Å². The van der Waals surface area contributed by atoms with Gasteiger partial charge in [-0.05, 0) is 85.3 Å². The summed E-state index contributed by atoms with van der Waals surface area (Å²) in [6.07, 6.45) is 2.33. The van der Waals surface area contributed by atoms with Crippen LogP contribution >= 0.6 is 23.2 Å². The predicted molar refractivity (Wildman–Crippen MR) is 189 cm³/mol. The second-order valence-corrected chi connectivity index (χ2v) is 14.3. The normalized spacial score (nSPS) is 27.2. The quantitative estimate of drug-likeness (QED) is 0.172. The molecule has 252 valence electrons. The van der Waals surface area contributed by atoms with Crippen molar-refractivity contribution in [2.24, 2.45) is 23.7 Å². The van der Waals surface area contributed by atoms with Gasteiger partial charge < -0.3 is 9.84 Å². The number of ether oxygens (including phenoxy) is 1. The monoisotopic (exact) mass is 706 g/mol. The number of allylic oxidation sites excluding steroid dienone is 2. The number of phenols is 1. The highest BCUT2D eigenvalue weighted by Gasteiger charge is 2.70. The molecular formula is C40H32Cl2N2O6. The van der Waals surface area contributed by atoms with E-state index < -0.39 is 46.8 Å². The smallest absolute Gasteiger partial charge is 0.246 e. The Hall–Kier alpha value is -4.92. The summed E-state index contributed by atoms with van der Waals surface area (Å²) in [5.74, 6) is -5.14. The zero-order chi connectivity index (χ0) is 35.1. The van der Waals surface area contributed by atoms with Gasteiger partial charge in [0.15, 0.2) is 0 Å². The molecule has 0 radical (unpaired) electrons. The van der Waals surface area contributed by atoms with E-state index in [1.807, 2.05) is 43.3 Å². The first-order chi connectivity index (χ1) is 24.1. The highest BCUT2D eigenvalue weighted by atomic mass is 35.5. The molecule has 4 aliphatic rings. The standard InChI is InChI=1S/C40H32Cl2N2O6/c1-21-11-12-25(18-32(21)42)43-36(46)28-15-14-27-29(34(28)38(43)48)20-31-37(47)44(24-10-6-9-23(41)17-24)39(49)40(31,22-7-4-3-5-8-22)35(27)30-19-26(50-2)13-16-33(30)45/h3-14,16-19,28-29,31,34-35,45H,15,20H2,1-2H3/t28-,29+,31-,34-,35+,40+/m0/s1. The molecule has 0 bridgehead atoms. The SMILES string of the molecule is COc1ccc(O)c([C@H]2C3=CC[C@@H]4C(=O)N(c5ccc(C)c(Cl)c5)C(=O)[C@@H]4[C@@H]3C[C@H]3C(=O)N(c4cccc(Cl)c4)C(=O)[C@@]23c2ccccc2)c1. The van der Waals surface area contributed by atoms with E-state index in [1.54, 1.807) is 54.6 Å². The van der Waals surface area contributed by atoms with E-state index in [0.29, 0.717) is 38.3 Å². The van der Waals surface area contributed by atoms with E-state index >= 15 is 4.79 Å².